The first-order valence-electron chi connectivity index (χ1n) is 11.5. The van der Waals surface area contributed by atoms with E-state index in [1.54, 1.807) is 15.5 Å². The van der Waals surface area contributed by atoms with Gasteiger partial charge in [0.05, 0.1) is 11.4 Å². The van der Waals surface area contributed by atoms with Crippen molar-refractivity contribution in [3.63, 3.8) is 0 Å². The minimum atomic E-state index is -0.926. The number of hydrogen-bond donors (Lipinski definition) is 1. The fourth-order valence-corrected chi connectivity index (χ4v) is 5.15. The highest BCUT2D eigenvalue weighted by atomic mass is 16.5. The lowest BCUT2D eigenvalue weighted by molar-refractivity contribution is -0.148. The van der Waals surface area contributed by atoms with E-state index in [-0.39, 0.29) is 12.3 Å². The van der Waals surface area contributed by atoms with Gasteiger partial charge in [-0.15, -0.1) is 0 Å². The van der Waals surface area contributed by atoms with Crippen molar-refractivity contribution < 1.29 is 19.1 Å². The number of para-hydroxylation sites is 2. The van der Waals surface area contributed by atoms with E-state index >= 15 is 0 Å². The summed E-state index contributed by atoms with van der Waals surface area (Å²) in [6.45, 7) is 3.35. The molecule has 1 N–H and O–H groups in total. The molecule has 2 amide bonds. The van der Waals surface area contributed by atoms with E-state index in [9.17, 15) is 14.4 Å². The van der Waals surface area contributed by atoms with Crippen LogP contribution in [0.2, 0.25) is 0 Å². The molecule has 1 aliphatic heterocycles. The zero-order chi connectivity index (χ0) is 23.9. The van der Waals surface area contributed by atoms with E-state index in [0.29, 0.717) is 36.4 Å². The molecular formula is C24H26N6O4. The van der Waals surface area contributed by atoms with Crippen molar-refractivity contribution in [2.75, 3.05) is 16.8 Å². The second kappa shape index (κ2) is 8.51. The molecule has 1 aliphatic carbocycles. The van der Waals surface area contributed by atoms with E-state index < -0.39 is 24.0 Å². The van der Waals surface area contributed by atoms with Crippen molar-refractivity contribution >= 4 is 34.9 Å². The van der Waals surface area contributed by atoms with E-state index in [0.717, 1.165) is 29.8 Å². The summed E-state index contributed by atoms with van der Waals surface area (Å²) < 4.78 is 7.00. The van der Waals surface area contributed by atoms with Gasteiger partial charge >= 0.3 is 5.97 Å². The maximum Gasteiger partial charge on any atom is 0.306 e. The second-order valence-electron chi connectivity index (χ2n) is 8.83. The molecule has 0 saturated heterocycles. The van der Waals surface area contributed by atoms with Crippen LogP contribution in [-0.2, 0) is 25.5 Å². The van der Waals surface area contributed by atoms with Crippen LogP contribution in [0.1, 0.15) is 49.1 Å². The van der Waals surface area contributed by atoms with E-state index in [1.807, 2.05) is 32.0 Å². The van der Waals surface area contributed by atoms with Crippen molar-refractivity contribution in [2.45, 2.75) is 57.9 Å². The molecule has 1 fully saturated rings. The number of nitrogens with one attached hydrogen (secondary N) is 1. The van der Waals surface area contributed by atoms with Gasteiger partial charge in [0.2, 0.25) is 0 Å². The molecule has 0 atom stereocenters. The number of aromatic nitrogens is 4. The number of carbonyl (C=O) groups excluding carboxylic acids is 3. The van der Waals surface area contributed by atoms with Gasteiger partial charge in [0, 0.05) is 17.8 Å². The Morgan fingerprint density at radius 3 is 2.74 bits per heavy atom. The molecule has 1 aromatic carbocycles. The first kappa shape index (κ1) is 22.0. The van der Waals surface area contributed by atoms with Crippen LogP contribution >= 0.6 is 0 Å². The van der Waals surface area contributed by atoms with Crippen LogP contribution < -0.4 is 10.2 Å². The highest BCUT2D eigenvalue weighted by Crippen LogP contribution is 2.45. The average molecular weight is 463 g/mol. The second-order valence-corrected chi connectivity index (χ2v) is 8.83. The largest absolute Gasteiger partial charge is 0.456 e. The van der Waals surface area contributed by atoms with Gasteiger partial charge in [0.1, 0.15) is 11.9 Å². The number of fused-ring (bicyclic) bond motifs is 2. The first-order valence-corrected chi connectivity index (χ1v) is 11.5. The number of nitrogens with zero attached hydrogens (tertiary/aromatic N) is 5. The lowest BCUT2D eigenvalue weighted by Crippen LogP contribution is -2.61. The summed E-state index contributed by atoms with van der Waals surface area (Å²) in [7, 11) is 0. The number of aryl methyl sites for hydroxylation is 2. The van der Waals surface area contributed by atoms with Crippen molar-refractivity contribution in [3.8, 4) is 0 Å². The van der Waals surface area contributed by atoms with E-state index in [4.69, 9.17) is 4.74 Å². The maximum atomic E-state index is 13.3. The zero-order valence-corrected chi connectivity index (χ0v) is 19.2. The number of amides is 2. The molecule has 10 heteroatoms. The Bertz CT molecular complexity index is 1290. The molecule has 176 valence electrons. The number of benzene rings is 1. The average Bonchev–Trinajstić information content (AvgIpc) is 3.49. The molecule has 1 saturated carbocycles. The van der Waals surface area contributed by atoms with Crippen molar-refractivity contribution in [3.05, 3.63) is 47.5 Å². The summed E-state index contributed by atoms with van der Waals surface area (Å²) in [6, 6.07) is 7.22. The highest BCUT2D eigenvalue weighted by Gasteiger charge is 2.52. The third-order valence-corrected chi connectivity index (χ3v) is 6.85. The Morgan fingerprint density at radius 2 is 1.94 bits per heavy atom. The lowest BCUT2D eigenvalue weighted by Gasteiger charge is -2.44. The quantitative estimate of drug-likeness (QED) is 0.579. The van der Waals surface area contributed by atoms with Gasteiger partial charge in [0.15, 0.2) is 6.61 Å². The zero-order valence-electron chi connectivity index (χ0n) is 19.2. The standard InChI is InChI=1S/C24H26N6O4/c1-15-17(16(2)30-23(27-15)25-14-26-30)9-10-21(32)34-13-20(31)29-19-8-4-3-7-18(19)28-22(33)24(29)11-5-6-12-24/h3-4,7-8,14H,5-6,9-13H2,1-2H3,(H,28,33). The van der Waals surface area contributed by atoms with Crippen molar-refractivity contribution in [1.82, 2.24) is 19.6 Å². The summed E-state index contributed by atoms with van der Waals surface area (Å²) in [4.78, 5) is 48.9. The van der Waals surface area contributed by atoms with Gasteiger partial charge in [-0.2, -0.15) is 10.1 Å². The molecule has 0 radical (unpaired) electrons. The Balaban J connectivity index is 1.28. The maximum absolute atomic E-state index is 13.3. The van der Waals surface area contributed by atoms with Gasteiger partial charge in [-0.3, -0.25) is 19.3 Å². The smallest absolute Gasteiger partial charge is 0.306 e. The predicted molar refractivity (Wildman–Crippen MR) is 123 cm³/mol. The topological polar surface area (TPSA) is 119 Å². The van der Waals surface area contributed by atoms with Crippen LogP contribution in [-0.4, -0.2) is 49.5 Å². The number of ether oxygens (including phenoxy) is 1. The fraction of sp³-hybridized carbons (Fsp3) is 0.417. The normalized spacial score (nSPS) is 16.5. The molecule has 3 aromatic rings. The van der Waals surface area contributed by atoms with Gasteiger partial charge in [-0.05, 0) is 50.8 Å². The molecule has 10 nitrogen and oxygen atoms in total. The molecule has 34 heavy (non-hydrogen) atoms. The van der Waals surface area contributed by atoms with E-state index in [1.165, 1.54) is 6.33 Å². The SMILES string of the molecule is Cc1nc2ncnn2c(C)c1CCC(=O)OCC(=O)N1c2ccccc2NC(=O)C12CCCC2. The van der Waals surface area contributed by atoms with E-state index in [2.05, 4.69) is 20.4 Å². The summed E-state index contributed by atoms with van der Waals surface area (Å²) in [5.41, 5.74) is 2.84. The minimum absolute atomic E-state index is 0.0963. The molecule has 2 aliphatic rings. The molecule has 1 spiro atoms. The summed E-state index contributed by atoms with van der Waals surface area (Å²) >= 11 is 0. The fourth-order valence-electron chi connectivity index (χ4n) is 5.15. The van der Waals surface area contributed by atoms with Crippen LogP contribution in [0.25, 0.3) is 5.78 Å². The van der Waals surface area contributed by atoms with Crippen molar-refractivity contribution in [2.24, 2.45) is 0 Å². The van der Waals surface area contributed by atoms with Gasteiger partial charge < -0.3 is 10.1 Å². The first-order chi connectivity index (χ1) is 16.4. The van der Waals surface area contributed by atoms with Crippen LogP contribution in [0.3, 0.4) is 0 Å². The van der Waals surface area contributed by atoms with Gasteiger partial charge in [-0.25, -0.2) is 9.50 Å². The number of carbonyl (C=O) groups is 3. The summed E-state index contributed by atoms with van der Waals surface area (Å²) in [5.74, 6) is -0.541. The lowest BCUT2D eigenvalue weighted by atomic mass is 9.90. The molecule has 2 aromatic heterocycles. The monoisotopic (exact) mass is 462 g/mol. The molecule has 5 rings (SSSR count). The van der Waals surface area contributed by atoms with Crippen LogP contribution in [0.4, 0.5) is 11.4 Å². The molecule has 3 heterocycles. The van der Waals surface area contributed by atoms with Crippen LogP contribution in [0.15, 0.2) is 30.6 Å². The Hall–Kier alpha value is -3.82. The predicted octanol–water partition coefficient (Wildman–Crippen LogP) is 2.52. The minimum Gasteiger partial charge on any atom is -0.456 e. The third-order valence-electron chi connectivity index (χ3n) is 6.85. The summed E-state index contributed by atoms with van der Waals surface area (Å²) in [5, 5.41) is 7.11. The van der Waals surface area contributed by atoms with Gasteiger partial charge in [-0.1, -0.05) is 25.0 Å². The number of hydrogen-bond acceptors (Lipinski definition) is 7. The van der Waals surface area contributed by atoms with Gasteiger partial charge in [0.25, 0.3) is 17.6 Å². The Morgan fingerprint density at radius 1 is 1.18 bits per heavy atom. The summed E-state index contributed by atoms with van der Waals surface area (Å²) in [6.07, 6.45) is 4.84. The third kappa shape index (κ3) is 3.59. The van der Waals surface area contributed by atoms with Crippen molar-refractivity contribution in [1.29, 1.82) is 0 Å². The van der Waals surface area contributed by atoms with Crippen LogP contribution in [0.5, 0.6) is 0 Å². The molecule has 0 unspecified atom stereocenters. The number of anilines is 2. The Kier molecular flexibility index (Phi) is 5.51. The van der Waals surface area contributed by atoms with Crippen LogP contribution in [0, 0.1) is 13.8 Å². The number of rotatable bonds is 5. The number of esters is 1. The Labute approximate surface area is 196 Å². The molecule has 0 bridgehead atoms. The molecular weight excluding hydrogens is 436 g/mol. The highest BCUT2D eigenvalue weighted by molar-refractivity contribution is 6.15.